The number of nitrogens with two attached hydrogens (primary N) is 1. The average Bonchev–Trinajstić information content (AvgIpc) is 3.56. The van der Waals surface area contributed by atoms with Crippen LogP contribution in [-0.2, 0) is 22.7 Å². The van der Waals surface area contributed by atoms with E-state index in [0.717, 1.165) is 27.3 Å². The first kappa shape index (κ1) is 24.6. The zero-order chi connectivity index (χ0) is 25.3. The molecule has 0 aliphatic carbocycles. The Kier molecular flexibility index (Phi) is 8.05. The van der Waals surface area contributed by atoms with Crippen molar-refractivity contribution in [3.05, 3.63) is 107 Å². The first-order chi connectivity index (χ1) is 17.5. The van der Waals surface area contributed by atoms with Gasteiger partial charge in [-0.25, -0.2) is 0 Å². The van der Waals surface area contributed by atoms with Crippen molar-refractivity contribution in [1.29, 1.82) is 0 Å². The molecule has 0 atom stereocenters. The summed E-state index contributed by atoms with van der Waals surface area (Å²) in [5, 5.41) is 12.0. The smallest absolute Gasteiger partial charge is 0.251 e. The summed E-state index contributed by atoms with van der Waals surface area (Å²) >= 11 is 1.60. The summed E-state index contributed by atoms with van der Waals surface area (Å²) in [5.74, 6) is -1.24. The third kappa shape index (κ3) is 6.77. The number of benzene rings is 2. The molecule has 0 saturated heterocycles. The first-order valence-corrected chi connectivity index (χ1v) is 12.1. The van der Waals surface area contributed by atoms with Gasteiger partial charge in [0.25, 0.3) is 5.91 Å². The van der Waals surface area contributed by atoms with Crippen molar-refractivity contribution in [3.8, 4) is 10.6 Å². The molecule has 4 rings (SSSR count). The van der Waals surface area contributed by atoms with Crippen molar-refractivity contribution in [1.82, 2.24) is 20.4 Å². The molecule has 3 amide bonds. The molecule has 0 aliphatic rings. The third-order valence-electron chi connectivity index (χ3n) is 5.25. The van der Waals surface area contributed by atoms with Gasteiger partial charge in [-0.15, -0.1) is 11.3 Å². The van der Waals surface area contributed by atoms with Crippen LogP contribution in [0.4, 0.5) is 0 Å². The van der Waals surface area contributed by atoms with Crippen LogP contribution in [0.25, 0.3) is 16.6 Å². The number of carbonyl (C=O) groups excluding carboxylic acids is 3. The van der Waals surface area contributed by atoms with Gasteiger partial charge in [0, 0.05) is 29.9 Å². The highest BCUT2D eigenvalue weighted by Gasteiger charge is 2.11. The van der Waals surface area contributed by atoms with Crippen LogP contribution in [0.15, 0.2) is 84.4 Å². The van der Waals surface area contributed by atoms with Gasteiger partial charge < -0.3 is 16.4 Å². The standard InChI is InChI=1S/C27H25N5O3S/c28-24(33)16-30-27(35)21-10-8-19(9-11-21)15-29-25(34)13-12-22-18-32(17-20-5-2-1-3-6-20)31-26(22)23-7-4-14-36-23/h1-14,18H,15-17H2,(H2,28,33)(H,29,34)(H,30,35)/b13-12+. The molecule has 182 valence electrons. The van der Waals surface area contributed by atoms with Gasteiger partial charge in [-0.05, 0) is 40.8 Å². The number of nitrogens with zero attached hydrogens (tertiary/aromatic N) is 2. The van der Waals surface area contributed by atoms with E-state index in [1.807, 2.05) is 46.6 Å². The van der Waals surface area contributed by atoms with Gasteiger partial charge in [0.05, 0.1) is 18.0 Å². The molecule has 0 radical (unpaired) electrons. The molecular weight excluding hydrogens is 474 g/mol. The Balaban J connectivity index is 1.38. The maximum atomic E-state index is 12.5. The SMILES string of the molecule is NC(=O)CNC(=O)c1ccc(CNC(=O)/C=C/c2cn(Cc3ccccc3)nc2-c2cccs2)cc1. The Hall–Kier alpha value is -4.50. The lowest BCUT2D eigenvalue weighted by molar-refractivity contribution is -0.117. The molecule has 36 heavy (non-hydrogen) atoms. The van der Waals surface area contributed by atoms with Crippen molar-refractivity contribution in [3.63, 3.8) is 0 Å². The first-order valence-electron chi connectivity index (χ1n) is 11.2. The van der Waals surface area contributed by atoms with Crippen LogP contribution >= 0.6 is 11.3 Å². The topological polar surface area (TPSA) is 119 Å². The minimum absolute atomic E-state index is 0.220. The molecule has 0 unspecified atom stereocenters. The van der Waals surface area contributed by atoms with E-state index in [4.69, 9.17) is 10.8 Å². The number of primary amides is 1. The second kappa shape index (κ2) is 11.8. The monoisotopic (exact) mass is 499 g/mol. The van der Waals surface area contributed by atoms with E-state index >= 15 is 0 Å². The van der Waals surface area contributed by atoms with Crippen LogP contribution in [-0.4, -0.2) is 34.0 Å². The second-order valence-corrected chi connectivity index (χ2v) is 8.94. The Morgan fingerprint density at radius 1 is 0.944 bits per heavy atom. The molecular formula is C27H25N5O3S. The maximum absolute atomic E-state index is 12.5. The average molecular weight is 500 g/mol. The fourth-order valence-electron chi connectivity index (χ4n) is 3.47. The van der Waals surface area contributed by atoms with Crippen molar-refractivity contribution in [2.45, 2.75) is 13.1 Å². The number of amides is 3. The van der Waals surface area contributed by atoms with Crippen LogP contribution in [0.2, 0.25) is 0 Å². The quantitative estimate of drug-likeness (QED) is 0.290. The Bertz CT molecular complexity index is 1360. The fourth-order valence-corrected chi connectivity index (χ4v) is 4.20. The number of rotatable bonds is 10. The number of hydrogen-bond acceptors (Lipinski definition) is 5. The molecule has 0 saturated carbocycles. The molecule has 4 N–H and O–H groups in total. The number of hydrogen-bond donors (Lipinski definition) is 3. The molecule has 8 nitrogen and oxygen atoms in total. The van der Waals surface area contributed by atoms with Crippen molar-refractivity contribution in [2.75, 3.05) is 6.54 Å². The van der Waals surface area contributed by atoms with Crippen molar-refractivity contribution >= 4 is 35.1 Å². The van der Waals surface area contributed by atoms with Gasteiger partial charge in [-0.2, -0.15) is 5.10 Å². The Morgan fingerprint density at radius 3 is 2.42 bits per heavy atom. The van der Waals surface area contributed by atoms with Crippen molar-refractivity contribution in [2.24, 2.45) is 5.73 Å². The summed E-state index contributed by atoms with van der Waals surface area (Å²) in [4.78, 5) is 36.3. The van der Waals surface area contributed by atoms with Gasteiger partial charge in [0.1, 0.15) is 5.69 Å². The molecule has 0 spiro atoms. The summed E-state index contributed by atoms with van der Waals surface area (Å²) in [5.41, 5.74) is 9.09. The lowest BCUT2D eigenvalue weighted by Gasteiger charge is -2.05. The number of thiophene rings is 1. The van der Waals surface area contributed by atoms with E-state index in [2.05, 4.69) is 22.8 Å². The lowest BCUT2D eigenvalue weighted by Crippen LogP contribution is -2.33. The summed E-state index contributed by atoms with van der Waals surface area (Å²) in [6.07, 6.45) is 5.20. The number of carbonyl (C=O) groups is 3. The zero-order valence-electron chi connectivity index (χ0n) is 19.4. The summed E-state index contributed by atoms with van der Waals surface area (Å²) in [7, 11) is 0. The summed E-state index contributed by atoms with van der Waals surface area (Å²) < 4.78 is 1.88. The summed E-state index contributed by atoms with van der Waals surface area (Å²) in [6.45, 7) is 0.718. The van der Waals surface area contributed by atoms with Crippen LogP contribution in [0.5, 0.6) is 0 Å². The highest BCUT2D eigenvalue weighted by atomic mass is 32.1. The molecule has 9 heteroatoms. The van der Waals surface area contributed by atoms with Gasteiger partial charge >= 0.3 is 0 Å². The maximum Gasteiger partial charge on any atom is 0.251 e. The summed E-state index contributed by atoms with van der Waals surface area (Å²) in [6, 6.07) is 20.8. The highest BCUT2D eigenvalue weighted by Crippen LogP contribution is 2.27. The van der Waals surface area contributed by atoms with E-state index in [1.165, 1.54) is 6.08 Å². The van der Waals surface area contributed by atoms with E-state index in [-0.39, 0.29) is 18.4 Å². The predicted molar refractivity (Wildman–Crippen MR) is 140 cm³/mol. The van der Waals surface area contributed by atoms with Gasteiger partial charge in [-0.1, -0.05) is 48.5 Å². The number of aromatic nitrogens is 2. The molecule has 0 aliphatic heterocycles. The minimum Gasteiger partial charge on any atom is -0.368 e. The molecule has 2 aromatic carbocycles. The Labute approximate surface area is 212 Å². The Morgan fingerprint density at radius 2 is 1.72 bits per heavy atom. The second-order valence-electron chi connectivity index (χ2n) is 7.99. The molecule has 0 bridgehead atoms. The largest absolute Gasteiger partial charge is 0.368 e. The lowest BCUT2D eigenvalue weighted by atomic mass is 10.1. The zero-order valence-corrected chi connectivity index (χ0v) is 20.2. The van der Waals surface area contributed by atoms with Gasteiger partial charge in [0.15, 0.2) is 0 Å². The molecule has 4 aromatic rings. The molecule has 2 aromatic heterocycles. The van der Waals surface area contributed by atoms with Crippen LogP contribution in [0.1, 0.15) is 27.0 Å². The van der Waals surface area contributed by atoms with Crippen LogP contribution < -0.4 is 16.4 Å². The van der Waals surface area contributed by atoms with E-state index in [9.17, 15) is 14.4 Å². The molecule has 2 heterocycles. The fraction of sp³-hybridized carbons (Fsp3) is 0.111. The van der Waals surface area contributed by atoms with Crippen LogP contribution in [0.3, 0.4) is 0 Å². The van der Waals surface area contributed by atoms with E-state index < -0.39 is 5.91 Å². The van der Waals surface area contributed by atoms with Gasteiger partial charge in [0.2, 0.25) is 11.8 Å². The predicted octanol–water partition coefficient (Wildman–Crippen LogP) is 3.20. The van der Waals surface area contributed by atoms with Crippen LogP contribution in [0, 0.1) is 0 Å². The number of nitrogens with one attached hydrogen (secondary N) is 2. The van der Waals surface area contributed by atoms with E-state index in [1.54, 1.807) is 41.7 Å². The third-order valence-corrected chi connectivity index (χ3v) is 6.13. The van der Waals surface area contributed by atoms with E-state index in [0.29, 0.717) is 18.7 Å². The molecule has 0 fully saturated rings. The normalized spacial score (nSPS) is 10.9. The van der Waals surface area contributed by atoms with Crippen molar-refractivity contribution < 1.29 is 14.4 Å². The van der Waals surface area contributed by atoms with Gasteiger partial charge in [-0.3, -0.25) is 19.1 Å². The highest BCUT2D eigenvalue weighted by molar-refractivity contribution is 7.13. The minimum atomic E-state index is -0.609.